The largest absolute Gasteiger partial charge is 0.379 e. The smallest absolute Gasteiger partial charge is 0.0594 e. The van der Waals surface area contributed by atoms with Crippen LogP contribution < -0.4 is 5.73 Å². The van der Waals surface area contributed by atoms with Crippen LogP contribution >= 0.6 is 0 Å². The maximum atomic E-state index is 5.97. The predicted octanol–water partition coefficient (Wildman–Crippen LogP) is 1.90. The second-order valence-electron chi connectivity index (χ2n) is 5.92. The van der Waals surface area contributed by atoms with E-state index in [-0.39, 0.29) is 5.41 Å². The first-order valence-corrected chi connectivity index (χ1v) is 7.42. The van der Waals surface area contributed by atoms with Crippen LogP contribution in [0.5, 0.6) is 0 Å². The van der Waals surface area contributed by atoms with Gasteiger partial charge in [-0.25, -0.2) is 0 Å². The summed E-state index contributed by atoms with van der Waals surface area (Å²) < 4.78 is 5.38. The Morgan fingerprint density at radius 3 is 2.32 bits per heavy atom. The highest BCUT2D eigenvalue weighted by Crippen LogP contribution is 2.42. The molecule has 104 valence electrons. The van der Waals surface area contributed by atoms with Gasteiger partial charge in [0.25, 0.3) is 0 Å². The minimum atomic E-state index is 0.289. The molecule has 2 N–H and O–H groups in total. The quantitative estimate of drug-likeness (QED) is 0.898. The van der Waals surface area contributed by atoms with Gasteiger partial charge < -0.3 is 10.5 Å². The highest BCUT2D eigenvalue weighted by molar-refractivity contribution is 5.31. The highest BCUT2D eigenvalue weighted by atomic mass is 16.5. The van der Waals surface area contributed by atoms with Gasteiger partial charge >= 0.3 is 0 Å². The summed E-state index contributed by atoms with van der Waals surface area (Å²) in [6.07, 6.45) is 3.84. The minimum absolute atomic E-state index is 0.289. The van der Waals surface area contributed by atoms with Gasteiger partial charge in [0.2, 0.25) is 0 Å². The van der Waals surface area contributed by atoms with Crippen LogP contribution in [0.25, 0.3) is 0 Å². The Hall–Kier alpha value is -0.900. The third-order valence-corrected chi connectivity index (χ3v) is 4.78. The molecule has 3 nitrogen and oxygen atoms in total. The molecule has 1 saturated carbocycles. The van der Waals surface area contributed by atoms with E-state index >= 15 is 0 Å². The van der Waals surface area contributed by atoms with Crippen molar-refractivity contribution in [1.82, 2.24) is 4.90 Å². The van der Waals surface area contributed by atoms with Crippen molar-refractivity contribution < 1.29 is 4.74 Å². The number of nitrogens with two attached hydrogens (primary N) is 1. The van der Waals surface area contributed by atoms with Crippen molar-refractivity contribution in [2.45, 2.75) is 31.2 Å². The lowest BCUT2D eigenvalue weighted by Gasteiger charge is -2.41. The van der Waals surface area contributed by atoms with Gasteiger partial charge in [-0.05, 0) is 24.0 Å². The molecule has 0 amide bonds. The Balaban J connectivity index is 1.65. The van der Waals surface area contributed by atoms with Crippen molar-refractivity contribution in [3.63, 3.8) is 0 Å². The zero-order valence-corrected chi connectivity index (χ0v) is 11.6. The van der Waals surface area contributed by atoms with Crippen molar-refractivity contribution in [1.29, 1.82) is 0 Å². The number of nitrogens with zero attached hydrogens (tertiary/aromatic N) is 1. The average molecular weight is 260 g/mol. The third kappa shape index (κ3) is 2.69. The van der Waals surface area contributed by atoms with Crippen LogP contribution in [-0.2, 0) is 16.7 Å². The maximum absolute atomic E-state index is 5.97. The fourth-order valence-electron chi connectivity index (χ4n) is 3.20. The maximum Gasteiger partial charge on any atom is 0.0594 e. The van der Waals surface area contributed by atoms with Crippen molar-refractivity contribution >= 4 is 0 Å². The second kappa shape index (κ2) is 5.61. The summed E-state index contributed by atoms with van der Waals surface area (Å²) in [6, 6.07) is 9.14. The molecule has 0 unspecified atom stereocenters. The van der Waals surface area contributed by atoms with Crippen molar-refractivity contribution in [3.05, 3.63) is 35.4 Å². The molecule has 0 bridgehead atoms. The van der Waals surface area contributed by atoms with Crippen LogP contribution in [-0.4, -0.2) is 37.7 Å². The van der Waals surface area contributed by atoms with Crippen LogP contribution in [0.15, 0.2) is 24.3 Å². The normalized spacial score (nSPS) is 23.0. The molecular formula is C16H24N2O. The fourth-order valence-corrected chi connectivity index (χ4v) is 3.20. The lowest BCUT2D eigenvalue weighted by atomic mass is 9.64. The molecule has 19 heavy (non-hydrogen) atoms. The van der Waals surface area contributed by atoms with Gasteiger partial charge in [-0.15, -0.1) is 0 Å². The van der Waals surface area contributed by atoms with Crippen molar-refractivity contribution in [2.75, 3.05) is 32.8 Å². The highest BCUT2D eigenvalue weighted by Gasteiger charge is 2.36. The van der Waals surface area contributed by atoms with Gasteiger partial charge in [0.15, 0.2) is 0 Å². The van der Waals surface area contributed by atoms with E-state index in [0.717, 1.165) is 39.4 Å². The molecule has 0 radical (unpaired) electrons. The lowest BCUT2D eigenvalue weighted by molar-refractivity contribution is 0.0342. The van der Waals surface area contributed by atoms with E-state index in [1.165, 1.54) is 30.4 Å². The molecule has 1 aromatic rings. The molecule has 1 aliphatic carbocycles. The second-order valence-corrected chi connectivity index (χ2v) is 5.92. The van der Waals surface area contributed by atoms with E-state index in [9.17, 15) is 0 Å². The molecule has 3 rings (SSSR count). The fraction of sp³-hybridized carbons (Fsp3) is 0.625. The molecule has 3 heteroatoms. The molecule has 2 aliphatic rings. The summed E-state index contributed by atoms with van der Waals surface area (Å²) in [6.45, 7) is 5.67. The summed E-state index contributed by atoms with van der Waals surface area (Å²) in [4.78, 5) is 2.46. The number of hydrogen-bond donors (Lipinski definition) is 1. The van der Waals surface area contributed by atoms with Crippen molar-refractivity contribution in [2.24, 2.45) is 5.73 Å². The van der Waals surface area contributed by atoms with Gasteiger partial charge in [0.1, 0.15) is 0 Å². The first-order valence-electron chi connectivity index (χ1n) is 7.42. The molecule has 0 spiro atoms. The van der Waals surface area contributed by atoms with Gasteiger partial charge in [-0.1, -0.05) is 30.7 Å². The first-order chi connectivity index (χ1) is 9.32. The molecule has 1 saturated heterocycles. The van der Waals surface area contributed by atoms with Crippen LogP contribution in [0.3, 0.4) is 0 Å². The molecule has 1 aromatic carbocycles. The Morgan fingerprint density at radius 2 is 1.79 bits per heavy atom. The molecule has 1 heterocycles. The summed E-state index contributed by atoms with van der Waals surface area (Å²) >= 11 is 0. The van der Waals surface area contributed by atoms with Gasteiger partial charge in [-0.3, -0.25) is 4.90 Å². The monoisotopic (exact) mass is 260 g/mol. The number of hydrogen-bond acceptors (Lipinski definition) is 3. The molecular weight excluding hydrogens is 236 g/mol. The van der Waals surface area contributed by atoms with Crippen LogP contribution in [0.1, 0.15) is 30.4 Å². The zero-order valence-electron chi connectivity index (χ0n) is 11.6. The lowest BCUT2D eigenvalue weighted by Crippen LogP contribution is -2.41. The van der Waals surface area contributed by atoms with Crippen LogP contribution in [0, 0.1) is 0 Å². The summed E-state index contributed by atoms with van der Waals surface area (Å²) in [7, 11) is 0. The van der Waals surface area contributed by atoms with Crippen molar-refractivity contribution in [3.8, 4) is 0 Å². The van der Waals surface area contributed by atoms with Gasteiger partial charge in [0, 0.05) is 31.6 Å². The Bertz CT molecular complexity index is 400. The summed E-state index contributed by atoms with van der Waals surface area (Å²) in [5.74, 6) is 0. The molecule has 0 atom stereocenters. The molecule has 2 fully saturated rings. The molecule has 0 aromatic heterocycles. The minimum Gasteiger partial charge on any atom is -0.379 e. The topological polar surface area (TPSA) is 38.5 Å². The first kappa shape index (κ1) is 13.1. The molecule has 1 aliphatic heterocycles. The standard InChI is InChI=1S/C16H24N2O/c17-13-16(6-1-7-16)15-4-2-14(3-5-15)12-18-8-10-19-11-9-18/h2-5H,1,6-13,17H2. The Morgan fingerprint density at radius 1 is 1.11 bits per heavy atom. The van der Waals surface area contributed by atoms with Gasteiger partial charge in [-0.2, -0.15) is 0 Å². The van der Waals surface area contributed by atoms with E-state index in [1.54, 1.807) is 0 Å². The van der Waals surface area contributed by atoms with E-state index in [1.807, 2.05) is 0 Å². The van der Waals surface area contributed by atoms with E-state index in [0.29, 0.717) is 0 Å². The van der Waals surface area contributed by atoms with E-state index in [4.69, 9.17) is 10.5 Å². The third-order valence-electron chi connectivity index (χ3n) is 4.78. The Kier molecular flexibility index (Phi) is 3.87. The van der Waals surface area contributed by atoms with Gasteiger partial charge in [0.05, 0.1) is 13.2 Å². The number of benzene rings is 1. The number of ether oxygens (including phenoxy) is 1. The zero-order chi connectivity index (χ0) is 13.1. The Labute approximate surface area is 115 Å². The summed E-state index contributed by atoms with van der Waals surface area (Å²) in [5, 5.41) is 0. The number of morpholine rings is 1. The van der Waals surface area contributed by atoms with E-state index < -0.39 is 0 Å². The number of rotatable bonds is 4. The SMILES string of the molecule is NCC1(c2ccc(CN3CCOCC3)cc2)CCC1. The van der Waals surface area contributed by atoms with E-state index in [2.05, 4.69) is 29.2 Å². The van der Waals surface area contributed by atoms with Crippen LogP contribution in [0.4, 0.5) is 0 Å². The summed E-state index contributed by atoms with van der Waals surface area (Å²) in [5.41, 5.74) is 9.09. The average Bonchev–Trinajstić information content (AvgIpc) is 2.41. The predicted molar refractivity (Wildman–Crippen MR) is 77.1 cm³/mol. The van der Waals surface area contributed by atoms with Crippen LogP contribution in [0.2, 0.25) is 0 Å².